The number of benzene rings is 2. The van der Waals surface area contributed by atoms with Gasteiger partial charge in [-0.2, -0.15) is 0 Å². The molecule has 1 atom stereocenters. The Morgan fingerprint density at radius 3 is 2.69 bits per heavy atom. The summed E-state index contributed by atoms with van der Waals surface area (Å²) in [7, 11) is 0. The van der Waals surface area contributed by atoms with E-state index >= 15 is 0 Å². The molecule has 180 valence electrons. The molecule has 3 aromatic rings. The Balaban J connectivity index is 1.20. The largest absolute Gasteiger partial charge is 0.445 e. The van der Waals surface area contributed by atoms with Crippen LogP contribution < -0.4 is 10.6 Å². The third-order valence-corrected chi connectivity index (χ3v) is 7.01. The lowest BCUT2D eigenvalue weighted by Gasteiger charge is -2.22. The highest BCUT2D eigenvalue weighted by atomic mass is 32.1. The van der Waals surface area contributed by atoms with Gasteiger partial charge >= 0.3 is 6.09 Å². The number of nitrogens with zero attached hydrogens (tertiary/aromatic N) is 2. The van der Waals surface area contributed by atoms with E-state index in [9.17, 15) is 14.4 Å². The van der Waals surface area contributed by atoms with Crippen molar-refractivity contribution in [3.63, 3.8) is 0 Å². The zero-order chi connectivity index (χ0) is 24.2. The van der Waals surface area contributed by atoms with E-state index in [1.807, 2.05) is 48.5 Å². The summed E-state index contributed by atoms with van der Waals surface area (Å²) in [5.74, 6) is -0.356. The van der Waals surface area contributed by atoms with Crippen LogP contribution in [0.15, 0.2) is 60.8 Å². The average molecular weight is 491 g/mol. The van der Waals surface area contributed by atoms with Gasteiger partial charge in [0.1, 0.15) is 12.6 Å². The number of carbonyl (C=O) groups excluding carboxylic acids is 3. The first-order chi connectivity index (χ1) is 17.1. The normalized spacial score (nSPS) is 17.1. The molecule has 2 heterocycles. The van der Waals surface area contributed by atoms with Crippen LogP contribution in [0.5, 0.6) is 0 Å². The minimum absolute atomic E-state index is 0.0760. The maximum absolute atomic E-state index is 13.0. The van der Waals surface area contributed by atoms with Crippen LogP contribution in [0, 0.1) is 0 Å². The van der Waals surface area contributed by atoms with E-state index in [1.165, 1.54) is 16.2 Å². The number of rotatable bonds is 7. The molecule has 2 aromatic carbocycles. The van der Waals surface area contributed by atoms with Crippen LogP contribution in [-0.4, -0.2) is 46.4 Å². The number of thiazole rings is 1. The highest BCUT2D eigenvalue weighted by Crippen LogP contribution is 2.30. The summed E-state index contributed by atoms with van der Waals surface area (Å²) >= 11 is 1.33. The summed E-state index contributed by atoms with van der Waals surface area (Å²) in [4.78, 5) is 44.6. The SMILES string of the molecule is O=C(NC1CC1)c1cccc(-c2cnc(NC(=O)C3CCCN3C(=O)OCc3ccccc3)s2)c1. The molecule has 2 fully saturated rings. The summed E-state index contributed by atoms with van der Waals surface area (Å²) in [6.07, 6.45) is 4.56. The van der Waals surface area contributed by atoms with Crippen LogP contribution in [0.1, 0.15) is 41.6 Å². The fourth-order valence-electron chi connectivity index (χ4n) is 4.02. The Morgan fingerprint density at radius 1 is 1.06 bits per heavy atom. The molecule has 3 amide bonds. The Labute approximate surface area is 207 Å². The lowest BCUT2D eigenvalue weighted by molar-refractivity contribution is -0.120. The van der Waals surface area contributed by atoms with E-state index in [-0.39, 0.29) is 18.4 Å². The predicted octanol–water partition coefficient (Wildman–Crippen LogP) is 4.44. The van der Waals surface area contributed by atoms with Crippen molar-refractivity contribution >= 4 is 34.4 Å². The molecular formula is C26H26N4O4S. The average Bonchev–Trinajstić information content (AvgIpc) is 3.35. The van der Waals surface area contributed by atoms with Gasteiger partial charge in [0.2, 0.25) is 5.91 Å². The molecule has 1 aliphatic heterocycles. The molecule has 9 heteroatoms. The number of aromatic nitrogens is 1. The number of hydrogen-bond donors (Lipinski definition) is 2. The standard InChI is InChI=1S/C26H26N4O4S/c31-23(28-20-11-12-20)19-9-4-8-18(14-19)22-15-27-25(35-22)29-24(32)21-10-5-13-30(21)26(33)34-16-17-6-2-1-3-7-17/h1-4,6-9,14-15,20-21H,5,10-13,16H2,(H,28,31)(H,27,29,32). The molecule has 1 unspecified atom stereocenters. The second-order valence-electron chi connectivity index (χ2n) is 8.74. The van der Waals surface area contributed by atoms with Gasteiger partial charge < -0.3 is 15.4 Å². The molecule has 2 N–H and O–H groups in total. The summed E-state index contributed by atoms with van der Waals surface area (Å²) in [6.45, 7) is 0.642. The number of ether oxygens (including phenoxy) is 1. The lowest BCUT2D eigenvalue weighted by Crippen LogP contribution is -2.43. The van der Waals surface area contributed by atoms with Crippen molar-refractivity contribution in [3.05, 3.63) is 71.9 Å². The minimum atomic E-state index is -0.597. The van der Waals surface area contributed by atoms with Crippen LogP contribution in [-0.2, 0) is 16.1 Å². The van der Waals surface area contributed by atoms with Gasteiger partial charge in [-0.25, -0.2) is 9.78 Å². The van der Waals surface area contributed by atoms with E-state index in [4.69, 9.17) is 4.74 Å². The summed E-state index contributed by atoms with van der Waals surface area (Å²) in [5.41, 5.74) is 2.35. The first kappa shape index (κ1) is 23.0. The number of carbonyl (C=O) groups is 3. The molecule has 35 heavy (non-hydrogen) atoms. The molecule has 1 saturated heterocycles. The van der Waals surface area contributed by atoms with E-state index in [0.29, 0.717) is 29.7 Å². The number of anilines is 1. The van der Waals surface area contributed by atoms with Crippen LogP contribution in [0.4, 0.5) is 9.93 Å². The molecule has 1 aliphatic carbocycles. The fourth-order valence-corrected chi connectivity index (χ4v) is 4.84. The van der Waals surface area contributed by atoms with Gasteiger partial charge in [-0.05, 0) is 48.9 Å². The second kappa shape index (κ2) is 10.3. The Hall–Kier alpha value is -3.72. The van der Waals surface area contributed by atoms with Gasteiger partial charge in [0.05, 0.1) is 4.88 Å². The van der Waals surface area contributed by atoms with Crippen molar-refractivity contribution in [1.82, 2.24) is 15.2 Å². The maximum atomic E-state index is 13.0. The first-order valence-electron chi connectivity index (χ1n) is 11.7. The number of likely N-dealkylation sites (tertiary alicyclic amines) is 1. The Bertz CT molecular complexity index is 1220. The monoisotopic (exact) mass is 490 g/mol. The van der Waals surface area contributed by atoms with E-state index in [2.05, 4.69) is 15.6 Å². The zero-order valence-electron chi connectivity index (χ0n) is 19.1. The lowest BCUT2D eigenvalue weighted by atomic mass is 10.1. The topological polar surface area (TPSA) is 101 Å². The summed E-state index contributed by atoms with van der Waals surface area (Å²) < 4.78 is 5.42. The third kappa shape index (κ3) is 5.68. The zero-order valence-corrected chi connectivity index (χ0v) is 19.9. The minimum Gasteiger partial charge on any atom is -0.445 e. The van der Waals surface area contributed by atoms with Crippen LogP contribution in [0.2, 0.25) is 0 Å². The van der Waals surface area contributed by atoms with Crippen molar-refractivity contribution in [3.8, 4) is 10.4 Å². The number of nitrogens with one attached hydrogen (secondary N) is 2. The highest BCUT2D eigenvalue weighted by Gasteiger charge is 2.35. The summed E-state index contributed by atoms with van der Waals surface area (Å²) in [6, 6.07) is 16.5. The van der Waals surface area contributed by atoms with Crippen LogP contribution in [0.25, 0.3) is 10.4 Å². The smallest absolute Gasteiger partial charge is 0.410 e. The van der Waals surface area contributed by atoms with Gasteiger partial charge in [-0.3, -0.25) is 14.5 Å². The van der Waals surface area contributed by atoms with Crippen LogP contribution in [0.3, 0.4) is 0 Å². The molecule has 8 nitrogen and oxygen atoms in total. The molecule has 1 aromatic heterocycles. The molecule has 0 bridgehead atoms. The molecule has 2 aliphatic rings. The van der Waals surface area contributed by atoms with E-state index in [0.717, 1.165) is 35.3 Å². The third-order valence-electron chi connectivity index (χ3n) is 6.05. The second-order valence-corrected chi connectivity index (χ2v) is 9.77. The quantitative estimate of drug-likeness (QED) is 0.510. The molecule has 0 spiro atoms. The van der Waals surface area contributed by atoms with Gasteiger partial charge in [0.15, 0.2) is 5.13 Å². The summed E-state index contributed by atoms with van der Waals surface area (Å²) in [5, 5.41) is 6.28. The van der Waals surface area contributed by atoms with Crippen molar-refractivity contribution in [2.75, 3.05) is 11.9 Å². The van der Waals surface area contributed by atoms with Gasteiger partial charge in [-0.15, -0.1) is 0 Å². The fraction of sp³-hybridized carbons (Fsp3) is 0.308. The van der Waals surface area contributed by atoms with Gasteiger partial charge in [-0.1, -0.05) is 53.8 Å². The molecule has 1 saturated carbocycles. The maximum Gasteiger partial charge on any atom is 0.410 e. The van der Waals surface area contributed by atoms with E-state index < -0.39 is 12.1 Å². The highest BCUT2D eigenvalue weighted by molar-refractivity contribution is 7.19. The molecule has 5 rings (SSSR count). The van der Waals surface area contributed by atoms with E-state index in [1.54, 1.807) is 12.3 Å². The Kier molecular flexibility index (Phi) is 6.76. The van der Waals surface area contributed by atoms with Gasteiger partial charge in [0, 0.05) is 24.3 Å². The van der Waals surface area contributed by atoms with Crippen molar-refractivity contribution in [2.24, 2.45) is 0 Å². The van der Waals surface area contributed by atoms with Gasteiger partial charge in [0.25, 0.3) is 5.91 Å². The van der Waals surface area contributed by atoms with Crippen molar-refractivity contribution in [1.29, 1.82) is 0 Å². The predicted molar refractivity (Wildman–Crippen MR) is 133 cm³/mol. The molecular weight excluding hydrogens is 464 g/mol. The number of hydrogen-bond acceptors (Lipinski definition) is 6. The molecule has 0 radical (unpaired) electrons. The first-order valence-corrected chi connectivity index (χ1v) is 12.5. The number of amides is 3. The van der Waals surface area contributed by atoms with Crippen molar-refractivity contribution in [2.45, 2.75) is 44.4 Å². The van der Waals surface area contributed by atoms with Crippen molar-refractivity contribution < 1.29 is 19.1 Å². The Morgan fingerprint density at radius 2 is 1.89 bits per heavy atom. The van der Waals surface area contributed by atoms with Crippen LogP contribution >= 0.6 is 11.3 Å².